The van der Waals surface area contributed by atoms with Crippen molar-refractivity contribution in [3.63, 3.8) is 0 Å². The maximum atomic E-state index is 12.8. The van der Waals surface area contributed by atoms with E-state index in [-0.39, 0.29) is 33.0 Å². The van der Waals surface area contributed by atoms with Gasteiger partial charge in [0, 0.05) is 0 Å². The van der Waals surface area contributed by atoms with E-state index in [9.17, 15) is 4.79 Å². The van der Waals surface area contributed by atoms with Crippen LogP contribution in [0.2, 0.25) is 0 Å². The van der Waals surface area contributed by atoms with Gasteiger partial charge < -0.3 is 14.2 Å². The quantitative estimate of drug-likeness (QED) is 0.338. The summed E-state index contributed by atoms with van der Waals surface area (Å²) in [6.45, 7) is 2.93. The number of hydrogen-bond donors (Lipinski definition) is 0. The maximum absolute atomic E-state index is 12.8. The van der Waals surface area contributed by atoms with Crippen LogP contribution >= 0.6 is 8.58 Å². The van der Waals surface area contributed by atoms with Crippen LogP contribution < -0.4 is 38.4 Å². The van der Waals surface area contributed by atoms with Gasteiger partial charge in [0.15, 0.2) is 5.52 Å². The summed E-state index contributed by atoms with van der Waals surface area (Å²) in [5.41, 5.74) is 0.486. The van der Waals surface area contributed by atoms with Crippen molar-refractivity contribution in [1.82, 2.24) is 0 Å². The first-order chi connectivity index (χ1) is 12.7. The Hall–Kier alpha value is -1.46. The minimum absolute atomic E-state index is 0. The molecule has 140 valence electrons. The molecule has 0 heterocycles. The van der Waals surface area contributed by atoms with E-state index in [1.54, 1.807) is 26.4 Å². The second-order valence-electron chi connectivity index (χ2n) is 5.93. The van der Waals surface area contributed by atoms with E-state index in [2.05, 4.69) is 6.92 Å². The summed E-state index contributed by atoms with van der Waals surface area (Å²) < 4.78 is 16.4. The summed E-state index contributed by atoms with van der Waals surface area (Å²) in [6, 6.07) is 13.1. The van der Waals surface area contributed by atoms with Gasteiger partial charge in [-0.05, 0) is 44.6 Å². The van der Waals surface area contributed by atoms with E-state index in [4.69, 9.17) is 14.2 Å². The fraction of sp³-hybridized carbons (Fsp3) is 0.381. The molecule has 6 heteroatoms. The standard InChI is InChI=1S/C21H27O4P.Li/c1-4-5-6-7-15-25-16-11-13-17(14-12-16)26-21(22)20-18(23-2)9-8-10-19(20)24-3;/h8-14,26H,4-7,15H2,1-3H3;/q;+1. The molecule has 0 spiro atoms. The Morgan fingerprint density at radius 2 is 1.56 bits per heavy atom. The molecule has 2 rings (SSSR count). The average Bonchev–Trinajstić information content (AvgIpc) is 2.68. The Morgan fingerprint density at radius 3 is 2.11 bits per heavy atom. The minimum atomic E-state index is -0.00691. The van der Waals surface area contributed by atoms with E-state index in [1.165, 1.54) is 19.3 Å². The van der Waals surface area contributed by atoms with E-state index in [0.29, 0.717) is 17.1 Å². The minimum Gasteiger partial charge on any atom is -0.496 e. The van der Waals surface area contributed by atoms with Gasteiger partial charge in [0.25, 0.3) is 0 Å². The van der Waals surface area contributed by atoms with Crippen LogP contribution in [0.1, 0.15) is 43.0 Å². The number of carbonyl (C=O) groups is 1. The molecule has 4 nitrogen and oxygen atoms in total. The molecule has 2 aromatic rings. The summed E-state index contributed by atoms with van der Waals surface area (Å²) in [4.78, 5) is 12.8. The predicted octanol–water partition coefficient (Wildman–Crippen LogP) is 1.81. The summed E-state index contributed by atoms with van der Waals surface area (Å²) in [5, 5.41) is 0.960. The predicted molar refractivity (Wildman–Crippen MR) is 108 cm³/mol. The zero-order chi connectivity index (χ0) is 18.8. The van der Waals surface area contributed by atoms with Gasteiger partial charge in [-0.1, -0.05) is 44.4 Å². The molecule has 1 atom stereocenters. The third kappa shape index (κ3) is 7.22. The molecular weight excluding hydrogens is 354 g/mol. The van der Waals surface area contributed by atoms with Gasteiger partial charge in [0.1, 0.15) is 22.8 Å². The molecule has 0 radical (unpaired) electrons. The van der Waals surface area contributed by atoms with Crippen molar-refractivity contribution in [2.75, 3.05) is 20.8 Å². The average molecular weight is 381 g/mol. The number of hydrogen-bond acceptors (Lipinski definition) is 4. The van der Waals surface area contributed by atoms with Gasteiger partial charge in [-0.2, -0.15) is 0 Å². The molecule has 0 aliphatic rings. The summed E-state index contributed by atoms with van der Waals surface area (Å²) in [6.07, 6.45) is 4.74. The number of ether oxygens (including phenoxy) is 3. The summed E-state index contributed by atoms with van der Waals surface area (Å²) in [7, 11) is 3.11. The van der Waals surface area contributed by atoms with Crippen LogP contribution in [0.4, 0.5) is 0 Å². The van der Waals surface area contributed by atoms with E-state index < -0.39 is 0 Å². The number of carbonyl (C=O) groups excluding carboxylic acids is 1. The summed E-state index contributed by atoms with van der Waals surface area (Å²) in [5.74, 6) is 1.92. The summed E-state index contributed by atoms with van der Waals surface area (Å²) >= 11 is 0. The van der Waals surface area contributed by atoms with Crippen molar-refractivity contribution in [2.24, 2.45) is 0 Å². The fourth-order valence-electron chi connectivity index (χ4n) is 2.62. The molecule has 0 aliphatic carbocycles. The number of unbranched alkanes of at least 4 members (excludes halogenated alkanes) is 3. The molecule has 2 aromatic carbocycles. The van der Waals surface area contributed by atoms with Crippen LogP contribution in [-0.2, 0) is 0 Å². The van der Waals surface area contributed by atoms with Crippen LogP contribution in [0.25, 0.3) is 0 Å². The monoisotopic (exact) mass is 381 g/mol. The molecule has 0 fully saturated rings. The van der Waals surface area contributed by atoms with Crippen LogP contribution in [0.15, 0.2) is 42.5 Å². The van der Waals surface area contributed by atoms with Crippen molar-refractivity contribution < 1.29 is 37.9 Å². The Bertz CT molecular complexity index is 682. The third-order valence-electron chi connectivity index (χ3n) is 4.03. The number of methoxy groups -OCH3 is 2. The smallest absolute Gasteiger partial charge is 0.496 e. The van der Waals surface area contributed by atoms with Crippen molar-refractivity contribution in [3.8, 4) is 17.2 Å². The van der Waals surface area contributed by atoms with Gasteiger partial charge in [-0.3, -0.25) is 4.79 Å². The first kappa shape index (κ1) is 23.6. The molecule has 0 aromatic heterocycles. The van der Waals surface area contributed by atoms with Crippen LogP contribution in [0, 0.1) is 0 Å². The van der Waals surface area contributed by atoms with Gasteiger partial charge >= 0.3 is 18.9 Å². The third-order valence-corrected chi connectivity index (χ3v) is 5.13. The van der Waals surface area contributed by atoms with Crippen LogP contribution in [0.3, 0.4) is 0 Å². The zero-order valence-electron chi connectivity index (χ0n) is 16.7. The molecule has 0 bridgehead atoms. The van der Waals surface area contributed by atoms with Crippen molar-refractivity contribution in [1.29, 1.82) is 0 Å². The van der Waals surface area contributed by atoms with Crippen molar-refractivity contribution in [2.45, 2.75) is 32.6 Å². The van der Waals surface area contributed by atoms with E-state index >= 15 is 0 Å². The largest absolute Gasteiger partial charge is 1.00 e. The van der Waals surface area contributed by atoms with Crippen molar-refractivity contribution >= 4 is 19.4 Å². The Kier molecular flexibility index (Phi) is 11.2. The molecular formula is C21H27LiO4P+. The molecule has 27 heavy (non-hydrogen) atoms. The molecule has 0 N–H and O–H groups in total. The van der Waals surface area contributed by atoms with Gasteiger partial charge in [0.05, 0.1) is 20.8 Å². The fourth-order valence-corrected chi connectivity index (χ4v) is 3.59. The number of benzene rings is 2. The normalized spacial score (nSPS) is 10.5. The molecule has 0 aliphatic heterocycles. The van der Waals surface area contributed by atoms with E-state index in [0.717, 1.165) is 24.1 Å². The number of rotatable bonds is 11. The molecule has 1 unspecified atom stereocenters. The van der Waals surface area contributed by atoms with Gasteiger partial charge in [-0.25, -0.2) is 0 Å². The first-order valence-electron chi connectivity index (χ1n) is 8.94. The molecule has 0 saturated carbocycles. The maximum Gasteiger partial charge on any atom is 1.00 e. The molecule has 0 saturated heterocycles. The molecule has 0 amide bonds. The van der Waals surface area contributed by atoms with Gasteiger partial charge in [-0.15, -0.1) is 0 Å². The first-order valence-corrected chi connectivity index (χ1v) is 9.94. The second kappa shape index (κ2) is 12.8. The van der Waals surface area contributed by atoms with E-state index in [1.807, 2.05) is 30.3 Å². The van der Waals surface area contributed by atoms with Crippen molar-refractivity contribution in [3.05, 3.63) is 48.0 Å². The topological polar surface area (TPSA) is 44.8 Å². The second-order valence-corrected chi connectivity index (χ2v) is 7.21. The Morgan fingerprint density at radius 1 is 0.926 bits per heavy atom. The van der Waals surface area contributed by atoms with Crippen LogP contribution in [0.5, 0.6) is 17.2 Å². The van der Waals surface area contributed by atoms with Gasteiger partial charge in [0.2, 0.25) is 0 Å². The Balaban J connectivity index is 0.00000364. The SMILES string of the molecule is CCCCCCOc1ccc(PC(=O)c2c(OC)cccc2OC)cc1.[Li+]. The zero-order valence-corrected chi connectivity index (χ0v) is 17.7. The Labute approximate surface area is 175 Å². The van der Waals surface area contributed by atoms with Crippen LogP contribution in [-0.4, -0.2) is 26.4 Å².